The van der Waals surface area contributed by atoms with E-state index in [0.717, 1.165) is 46.5 Å². The largest absolute Gasteiger partial charge is 0.487 e. The van der Waals surface area contributed by atoms with Crippen molar-refractivity contribution < 1.29 is 18.7 Å². The molecule has 0 spiro atoms. The van der Waals surface area contributed by atoms with Crippen molar-refractivity contribution in [3.8, 4) is 10.9 Å². The molecule has 2 aromatic carbocycles. The molecule has 1 saturated heterocycles. The minimum Gasteiger partial charge on any atom is -0.487 e. The summed E-state index contributed by atoms with van der Waals surface area (Å²) in [6.45, 7) is 6.09. The normalized spacial score (nSPS) is 20.0. The van der Waals surface area contributed by atoms with Crippen molar-refractivity contribution in [3.63, 3.8) is 0 Å². The van der Waals surface area contributed by atoms with Crippen molar-refractivity contribution in [3.05, 3.63) is 79.5 Å². The zero-order valence-electron chi connectivity index (χ0n) is 23.5. The van der Waals surface area contributed by atoms with Gasteiger partial charge in [-0.1, -0.05) is 46.7 Å². The average molecular weight is 632 g/mol. The molecule has 2 aliphatic heterocycles. The van der Waals surface area contributed by atoms with E-state index in [0.29, 0.717) is 46.1 Å². The molecule has 3 aromatic rings. The zero-order valence-corrected chi connectivity index (χ0v) is 25.8. The van der Waals surface area contributed by atoms with Gasteiger partial charge in [0.05, 0.1) is 21.0 Å². The number of nitrogens with zero attached hydrogens (tertiary/aromatic N) is 2. The van der Waals surface area contributed by atoms with Gasteiger partial charge in [-0.25, -0.2) is 9.37 Å². The molecular formula is C31H33Cl2FN4O3S. The second-order valence-electron chi connectivity index (χ2n) is 11.1. The van der Waals surface area contributed by atoms with Gasteiger partial charge in [0.15, 0.2) is 5.75 Å². The van der Waals surface area contributed by atoms with Crippen LogP contribution >= 0.6 is 34.5 Å². The van der Waals surface area contributed by atoms with E-state index in [4.69, 9.17) is 32.7 Å². The maximum absolute atomic E-state index is 14.3. The molecule has 11 heteroatoms. The van der Waals surface area contributed by atoms with E-state index in [-0.39, 0.29) is 43.1 Å². The van der Waals surface area contributed by atoms with Crippen molar-refractivity contribution in [2.24, 2.45) is 0 Å². The van der Waals surface area contributed by atoms with E-state index in [9.17, 15) is 9.18 Å². The number of fused-ring (bicyclic) bond motifs is 2. The van der Waals surface area contributed by atoms with E-state index in [2.05, 4.69) is 15.6 Å². The van der Waals surface area contributed by atoms with Crippen LogP contribution in [0, 0.1) is 19.7 Å². The van der Waals surface area contributed by atoms with Gasteiger partial charge >= 0.3 is 0 Å². The number of hydrogen-bond acceptors (Lipinski definition) is 7. The van der Waals surface area contributed by atoms with Crippen LogP contribution in [0.4, 0.5) is 4.39 Å². The van der Waals surface area contributed by atoms with Crippen LogP contribution in [0.25, 0.3) is 5.57 Å². The summed E-state index contributed by atoms with van der Waals surface area (Å²) in [4.78, 5) is 21.7. The fraction of sp³-hybridized carbons (Fsp3) is 0.419. The lowest BCUT2D eigenvalue weighted by Crippen LogP contribution is -2.59. The number of nitrogens with one attached hydrogen (secondary N) is 2. The van der Waals surface area contributed by atoms with Crippen LogP contribution in [0.3, 0.4) is 0 Å². The topological polar surface area (TPSA) is 75.7 Å². The Kier molecular flexibility index (Phi) is 8.75. The van der Waals surface area contributed by atoms with Gasteiger partial charge in [-0.05, 0) is 73.6 Å². The van der Waals surface area contributed by atoms with E-state index < -0.39 is 0 Å². The van der Waals surface area contributed by atoms with Crippen molar-refractivity contribution in [1.29, 1.82) is 0 Å². The Morgan fingerprint density at radius 1 is 1.14 bits per heavy atom. The summed E-state index contributed by atoms with van der Waals surface area (Å²) < 4.78 is 26.0. The van der Waals surface area contributed by atoms with Gasteiger partial charge in [0, 0.05) is 43.5 Å². The predicted molar refractivity (Wildman–Crippen MR) is 164 cm³/mol. The standard InChI is InChI=1S/C31H33Cl2FN4O3S/c1-17-10-23(32)29(24(33)11-17)40-8-9-41-31-36-15-27(42-31)22-12-20-13-35-14-26(37-20)28(22)30(39)38(21-6-7-21)16-19-4-3-5-25(34)18(19)2/h3-5,10-11,15,20-21,26,35,37H,6-9,12-14,16H2,1-2H3/t20?,26-/m1/s1. The van der Waals surface area contributed by atoms with Crippen molar-refractivity contribution in [1.82, 2.24) is 20.5 Å². The molecule has 1 unspecified atom stereocenters. The number of aryl methyl sites for hydroxylation is 1. The fourth-order valence-corrected chi connectivity index (χ4v) is 7.24. The Bertz CT molecular complexity index is 1500. The van der Waals surface area contributed by atoms with E-state index in [1.54, 1.807) is 31.3 Å². The first kappa shape index (κ1) is 29.4. The number of piperazine rings is 1. The first-order valence-electron chi connectivity index (χ1n) is 14.2. The number of hydrogen-bond donors (Lipinski definition) is 2. The highest BCUT2D eigenvalue weighted by molar-refractivity contribution is 7.14. The van der Waals surface area contributed by atoms with Crippen LogP contribution in [0.1, 0.15) is 40.8 Å². The monoisotopic (exact) mass is 630 g/mol. The van der Waals surface area contributed by atoms with Gasteiger partial charge in [-0.15, -0.1) is 0 Å². The maximum Gasteiger partial charge on any atom is 0.273 e. The molecular weight excluding hydrogens is 598 g/mol. The van der Waals surface area contributed by atoms with Crippen molar-refractivity contribution in [2.45, 2.75) is 57.8 Å². The third-order valence-electron chi connectivity index (χ3n) is 7.98. The quantitative estimate of drug-likeness (QED) is 0.270. The van der Waals surface area contributed by atoms with Crippen molar-refractivity contribution >= 4 is 46.0 Å². The minimum absolute atomic E-state index is 0.00642. The van der Waals surface area contributed by atoms with Crippen LogP contribution < -0.4 is 20.1 Å². The molecule has 7 nitrogen and oxygen atoms in total. The number of aromatic nitrogens is 1. The molecule has 1 amide bonds. The highest BCUT2D eigenvalue weighted by Crippen LogP contribution is 2.39. The van der Waals surface area contributed by atoms with Gasteiger partial charge in [0.2, 0.25) is 0 Å². The Morgan fingerprint density at radius 3 is 2.67 bits per heavy atom. The highest BCUT2D eigenvalue weighted by atomic mass is 35.5. The van der Waals surface area contributed by atoms with Crippen molar-refractivity contribution in [2.75, 3.05) is 26.3 Å². The smallest absolute Gasteiger partial charge is 0.273 e. The molecule has 2 bridgehead atoms. The van der Waals surface area contributed by atoms with Crippen LogP contribution in [-0.2, 0) is 11.3 Å². The summed E-state index contributed by atoms with van der Waals surface area (Å²) in [5.74, 6) is 0.193. The Balaban J connectivity index is 1.21. The minimum atomic E-state index is -0.248. The molecule has 3 aliphatic rings. The zero-order chi connectivity index (χ0) is 29.4. The number of rotatable bonds is 10. The number of carbonyl (C=O) groups is 1. The second-order valence-corrected chi connectivity index (χ2v) is 12.9. The second kappa shape index (κ2) is 12.5. The van der Waals surface area contributed by atoms with Gasteiger partial charge in [0.25, 0.3) is 11.1 Å². The van der Waals surface area contributed by atoms with Gasteiger partial charge in [-0.3, -0.25) is 4.79 Å². The molecule has 6 rings (SSSR count). The molecule has 2 atom stereocenters. The summed E-state index contributed by atoms with van der Waals surface area (Å²) in [5.41, 5.74) is 4.16. The lowest BCUT2D eigenvalue weighted by atomic mass is 9.86. The number of ether oxygens (including phenoxy) is 2. The summed E-state index contributed by atoms with van der Waals surface area (Å²) in [5, 5.41) is 8.54. The van der Waals surface area contributed by atoms with Crippen LogP contribution in [-0.4, -0.2) is 60.2 Å². The summed E-state index contributed by atoms with van der Waals surface area (Å²) >= 11 is 14.0. The van der Waals surface area contributed by atoms with E-state index in [1.165, 1.54) is 17.4 Å². The lowest BCUT2D eigenvalue weighted by molar-refractivity contribution is -0.128. The number of thiazole rings is 1. The highest BCUT2D eigenvalue weighted by Gasteiger charge is 2.41. The molecule has 0 radical (unpaired) electrons. The molecule has 42 heavy (non-hydrogen) atoms. The van der Waals surface area contributed by atoms with E-state index >= 15 is 0 Å². The van der Waals surface area contributed by atoms with Gasteiger partial charge in [-0.2, -0.15) is 0 Å². The number of amides is 1. The first-order valence-corrected chi connectivity index (χ1v) is 15.8. The SMILES string of the molecule is Cc1cc(Cl)c(OCCOc2ncc(C3=C(C(=O)N(Cc4cccc(F)c4C)C4CC4)[C@H]4CNCC(C3)N4)s2)c(Cl)c1. The molecule has 2 N–H and O–H groups in total. The summed E-state index contributed by atoms with van der Waals surface area (Å²) in [6, 6.07) is 8.96. The van der Waals surface area contributed by atoms with Gasteiger partial charge in [0.1, 0.15) is 19.0 Å². The number of carbonyl (C=O) groups excluding carboxylic acids is 1. The fourth-order valence-electron chi connectivity index (χ4n) is 5.68. The van der Waals surface area contributed by atoms with Gasteiger partial charge < -0.3 is 25.0 Å². The third-order valence-corrected chi connectivity index (χ3v) is 9.51. The third kappa shape index (κ3) is 6.31. The molecule has 2 fully saturated rings. The van der Waals surface area contributed by atoms with Crippen LogP contribution in [0.2, 0.25) is 10.0 Å². The Hall–Kier alpha value is -2.69. The Labute approximate surface area is 259 Å². The van der Waals surface area contributed by atoms with Crippen LogP contribution in [0.15, 0.2) is 42.1 Å². The number of halogens is 3. The molecule has 1 aromatic heterocycles. The maximum atomic E-state index is 14.3. The number of benzene rings is 2. The van der Waals surface area contributed by atoms with Crippen LogP contribution in [0.5, 0.6) is 10.9 Å². The first-order chi connectivity index (χ1) is 20.3. The van der Waals surface area contributed by atoms with E-state index in [1.807, 2.05) is 17.9 Å². The summed E-state index contributed by atoms with van der Waals surface area (Å²) in [7, 11) is 0. The molecule has 1 aliphatic carbocycles. The summed E-state index contributed by atoms with van der Waals surface area (Å²) in [6.07, 6.45) is 4.42. The predicted octanol–water partition coefficient (Wildman–Crippen LogP) is 5.94. The molecule has 1 saturated carbocycles. The average Bonchev–Trinajstić information content (AvgIpc) is 3.69. The lowest BCUT2D eigenvalue weighted by Gasteiger charge is -2.40. The molecule has 222 valence electrons. The molecule has 3 heterocycles. The Morgan fingerprint density at radius 2 is 1.90 bits per heavy atom.